The van der Waals surface area contributed by atoms with Gasteiger partial charge < -0.3 is 14.8 Å². The van der Waals surface area contributed by atoms with Crippen molar-refractivity contribution in [1.82, 2.24) is 20.2 Å². The smallest absolute Gasteiger partial charge is 0.338 e. The molecule has 0 bridgehead atoms. The van der Waals surface area contributed by atoms with Gasteiger partial charge in [0.25, 0.3) is 0 Å². The van der Waals surface area contributed by atoms with Crippen molar-refractivity contribution < 1.29 is 14.3 Å². The van der Waals surface area contributed by atoms with Crippen LogP contribution in [0.3, 0.4) is 0 Å². The van der Waals surface area contributed by atoms with Gasteiger partial charge in [-0.15, -0.1) is 0 Å². The largest absolute Gasteiger partial charge is 0.496 e. The molecule has 0 amide bonds. The van der Waals surface area contributed by atoms with E-state index in [-0.39, 0.29) is 12.1 Å². The lowest BCUT2D eigenvalue weighted by Crippen LogP contribution is -2.32. The van der Waals surface area contributed by atoms with E-state index < -0.39 is 6.04 Å². The second-order valence-electron chi connectivity index (χ2n) is 8.08. The first-order valence-corrected chi connectivity index (χ1v) is 10.7. The zero-order chi connectivity index (χ0) is 21.4. The van der Waals surface area contributed by atoms with E-state index in [1.807, 2.05) is 43.3 Å². The van der Waals surface area contributed by atoms with E-state index >= 15 is 0 Å². The SMILES string of the molecule is COc1ccc2ccccc2c1C1C(C(=O)OC2CCCCC2)=C(C)Nc2nnnn21. The highest BCUT2D eigenvalue weighted by molar-refractivity contribution is 5.96. The van der Waals surface area contributed by atoms with Gasteiger partial charge in [-0.2, -0.15) is 4.68 Å². The normalized spacial score (nSPS) is 19.1. The van der Waals surface area contributed by atoms with Crippen molar-refractivity contribution in [3.63, 3.8) is 0 Å². The molecule has 2 aliphatic rings. The van der Waals surface area contributed by atoms with E-state index in [0.717, 1.165) is 42.0 Å². The number of allylic oxidation sites excluding steroid dienone is 1. The zero-order valence-electron chi connectivity index (χ0n) is 17.7. The van der Waals surface area contributed by atoms with Gasteiger partial charge in [-0.25, -0.2) is 4.79 Å². The number of hydrogen-bond acceptors (Lipinski definition) is 7. The fraction of sp³-hybridized carbons (Fsp3) is 0.391. The molecule has 1 aromatic heterocycles. The summed E-state index contributed by atoms with van der Waals surface area (Å²) in [7, 11) is 1.63. The molecule has 8 nitrogen and oxygen atoms in total. The number of nitrogens with one attached hydrogen (secondary N) is 1. The molecule has 1 aliphatic heterocycles. The molecule has 2 aromatic carbocycles. The van der Waals surface area contributed by atoms with Crippen LogP contribution in [-0.4, -0.2) is 39.4 Å². The lowest BCUT2D eigenvalue weighted by atomic mass is 9.90. The summed E-state index contributed by atoms with van der Waals surface area (Å²) in [5, 5.41) is 17.3. The average molecular weight is 419 g/mol. The summed E-state index contributed by atoms with van der Waals surface area (Å²) in [6, 6.07) is 11.4. The Morgan fingerprint density at radius 1 is 1.13 bits per heavy atom. The van der Waals surface area contributed by atoms with Crippen LogP contribution in [0, 0.1) is 0 Å². The second-order valence-corrected chi connectivity index (χ2v) is 8.08. The number of rotatable bonds is 4. The number of fused-ring (bicyclic) bond motifs is 2. The predicted octanol–water partition coefficient (Wildman–Crippen LogP) is 4.00. The first-order valence-electron chi connectivity index (χ1n) is 10.7. The fourth-order valence-corrected chi connectivity index (χ4v) is 4.68. The van der Waals surface area contributed by atoms with Crippen LogP contribution in [0.5, 0.6) is 5.75 Å². The molecule has 0 saturated heterocycles. The van der Waals surface area contributed by atoms with Crippen molar-refractivity contribution in [3.8, 4) is 5.75 Å². The number of anilines is 1. The maximum Gasteiger partial charge on any atom is 0.338 e. The molecular weight excluding hydrogens is 394 g/mol. The van der Waals surface area contributed by atoms with Crippen molar-refractivity contribution in [1.29, 1.82) is 0 Å². The third-order valence-corrected chi connectivity index (χ3v) is 6.18. The molecular formula is C23H25N5O3. The Hall–Kier alpha value is -3.42. The van der Waals surface area contributed by atoms with Gasteiger partial charge in [0.05, 0.1) is 12.7 Å². The van der Waals surface area contributed by atoms with Crippen molar-refractivity contribution in [2.75, 3.05) is 12.4 Å². The number of carbonyl (C=O) groups is 1. The number of benzene rings is 2. The van der Waals surface area contributed by atoms with Gasteiger partial charge >= 0.3 is 5.97 Å². The van der Waals surface area contributed by atoms with Crippen molar-refractivity contribution in [2.24, 2.45) is 0 Å². The molecule has 2 heterocycles. The standard InChI is InChI=1S/C23H25N5O3/c1-14-19(22(29)31-16-9-4-3-5-10-16)21(28-23(24-14)25-26-27-28)20-17-11-7-6-8-15(17)12-13-18(20)30-2/h6-8,11-13,16,21H,3-5,9-10H2,1-2H3,(H,24,25,27). The van der Waals surface area contributed by atoms with Gasteiger partial charge in [0, 0.05) is 11.3 Å². The van der Waals surface area contributed by atoms with Crippen molar-refractivity contribution >= 4 is 22.7 Å². The van der Waals surface area contributed by atoms with Crippen LogP contribution in [-0.2, 0) is 9.53 Å². The van der Waals surface area contributed by atoms with E-state index in [9.17, 15) is 4.79 Å². The maximum atomic E-state index is 13.5. The third-order valence-electron chi connectivity index (χ3n) is 6.18. The van der Waals surface area contributed by atoms with Gasteiger partial charge in [0.2, 0.25) is 5.95 Å². The van der Waals surface area contributed by atoms with Crippen LogP contribution in [0.25, 0.3) is 10.8 Å². The molecule has 1 atom stereocenters. The Bertz CT molecular complexity index is 1160. The summed E-state index contributed by atoms with van der Waals surface area (Å²) >= 11 is 0. The number of ether oxygens (including phenoxy) is 2. The predicted molar refractivity (Wildman–Crippen MR) is 116 cm³/mol. The van der Waals surface area contributed by atoms with Crippen LogP contribution in [0.2, 0.25) is 0 Å². The van der Waals surface area contributed by atoms with Gasteiger partial charge in [0.1, 0.15) is 17.9 Å². The number of aromatic nitrogens is 4. The molecule has 0 radical (unpaired) electrons. The number of esters is 1. The minimum Gasteiger partial charge on any atom is -0.496 e. The maximum absolute atomic E-state index is 13.5. The highest BCUT2D eigenvalue weighted by Gasteiger charge is 2.38. The molecule has 5 rings (SSSR count). The lowest BCUT2D eigenvalue weighted by Gasteiger charge is -2.30. The zero-order valence-corrected chi connectivity index (χ0v) is 17.7. The van der Waals surface area contributed by atoms with E-state index in [1.54, 1.807) is 11.8 Å². The van der Waals surface area contributed by atoms with Crippen molar-refractivity contribution in [2.45, 2.75) is 51.2 Å². The molecule has 31 heavy (non-hydrogen) atoms. The van der Waals surface area contributed by atoms with Crippen LogP contribution >= 0.6 is 0 Å². The molecule has 1 unspecified atom stereocenters. The van der Waals surface area contributed by atoms with Crippen LogP contribution in [0.1, 0.15) is 50.6 Å². The fourth-order valence-electron chi connectivity index (χ4n) is 4.68. The number of carbonyl (C=O) groups excluding carboxylic acids is 1. The molecule has 1 N–H and O–H groups in total. The van der Waals surface area contributed by atoms with E-state index in [0.29, 0.717) is 23.0 Å². The molecule has 1 saturated carbocycles. The summed E-state index contributed by atoms with van der Waals surface area (Å²) in [6.07, 6.45) is 5.14. The van der Waals surface area contributed by atoms with Gasteiger partial charge in [0.15, 0.2) is 0 Å². The van der Waals surface area contributed by atoms with Crippen molar-refractivity contribution in [3.05, 3.63) is 53.2 Å². The molecule has 160 valence electrons. The first kappa shape index (κ1) is 19.5. The summed E-state index contributed by atoms with van der Waals surface area (Å²) in [5.41, 5.74) is 2.02. The number of methoxy groups -OCH3 is 1. The molecule has 8 heteroatoms. The Labute approximate surface area is 180 Å². The number of tetrazole rings is 1. The second kappa shape index (κ2) is 8.02. The average Bonchev–Trinajstić information content (AvgIpc) is 3.26. The molecule has 3 aromatic rings. The molecule has 1 aliphatic carbocycles. The highest BCUT2D eigenvalue weighted by atomic mass is 16.5. The Morgan fingerprint density at radius 3 is 2.74 bits per heavy atom. The molecule has 1 fully saturated rings. The Kier molecular flexibility index (Phi) is 5.05. The Balaban J connectivity index is 1.66. The number of nitrogens with zero attached hydrogens (tertiary/aromatic N) is 4. The summed E-state index contributed by atoms with van der Waals surface area (Å²) in [4.78, 5) is 13.5. The van der Waals surface area contributed by atoms with Crippen LogP contribution in [0.15, 0.2) is 47.7 Å². The Morgan fingerprint density at radius 2 is 1.94 bits per heavy atom. The van der Waals surface area contributed by atoms with E-state index in [2.05, 4.69) is 20.8 Å². The van der Waals surface area contributed by atoms with Crippen LogP contribution in [0.4, 0.5) is 5.95 Å². The number of hydrogen-bond donors (Lipinski definition) is 1. The van der Waals surface area contributed by atoms with Gasteiger partial charge in [-0.05, 0) is 59.9 Å². The minimum absolute atomic E-state index is 0.0492. The van der Waals surface area contributed by atoms with E-state index in [4.69, 9.17) is 9.47 Å². The topological polar surface area (TPSA) is 91.2 Å². The molecule has 0 spiro atoms. The lowest BCUT2D eigenvalue weighted by molar-refractivity contribution is -0.146. The van der Waals surface area contributed by atoms with Gasteiger partial charge in [-0.1, -0.05) is 41.9 Å². The van der Waals surface area contributed by atoms with E-state index in [1.165, 1.54) is 6.42 Å². The monoisotopic (exact) mass is 419 g/mol. The highest BCUT2D eigenvalue weighted by Crippen LogP contribution is 2.42. The summed E-state index contributed by atoms with van der Waals surface area (Å²) in [6.45, 7) is 1.86. The summed E-state index contributed by atoms with van der Waals surface area (Å²) in [5.74, 6) is 0.813. The third kappa shape index (κ3) is 3.41. The van der Waals surface area contributed by atoms with Crippen LogP contribution < -0.4 is 10.1 Å². The summed E-state index contributed by atoms with van der Waals surface area (Å²) < 4.78 is 13.3. The quantitative estimate of drug-likeness (QED) is 0.639. The van der Waals surface area contributed by atoms with Gasteiger partial charge in [-0.3, -0.25) is 0 Å². The minimum atomic E-state index is -0.566. The first-order chi connectivity index (χ1) is 15.2.